The molecule has 0 bridgehead atoms. The number of hydrogen-bond acceptors (Lipinski definition) is 3. The molecule has 1 aromatic carbocycles. The van der Waals surface area contributed by atoms with Crippen molar-refractivity contribution in [2.24, 2.45) is 5.92 Å². The summed E-state index contributed by atoms with van der Waals surface area (Å²) in [4.78, 5) is 2.39. The first-order valence-electron chi connectivity index (χ1n) is 9.17. The second kappa shape index (κ2) is 7.86. The number of sulfonamides is 1. The first kappa shape index (κ1) is 19.6. The van der Waals surface area contributed by atoms with Crippen LogP contribution in [0.4, 0.5) is 13.2 Å². The minimum Gasteiger partial charge on any atom is -0.300 e. The molecule has 2 fully saturated rings. The van der Waals surface area contributed by atoms with E-state index in [4.69, 9.17) is 0 Å². The first-order chi connectivity index (χ1) is 12.3. The summed E-state index contributed by atoms with van der Waals surface area (Å²) in [6.45, 7) is 2.33. The summed E-state index contributed by atoms with van der Waals surface area (Å²) in [6.07, 6.45) is 2.58. The summed E-state index contributed by atoms with van der Waals surface area (Å²) in [6, 6.07) is 4.31. The second-order valence-corrected chi connectivity index (χ2v) is 9.06. The smallest absolute Gasteiger partial charge is 0.300 e. The Morgan fingerprint density at radius 1 is 1.00 bits per heavy atom. The molecule has 2 aliphatic rings. The van der Waals surface area contributed by atoms with Crippen molar-refractivity contribution in [3.05, 3.63) is 29.8 Å². The summed E-state index contributed by atoms with van der Waals surface area (Å²) in [7, 11) is -3.78. The lowest BCUT2D eigenvalue weighted by Gasteiger charge is -2.36. The van der Waals surface area contributed by atoms with E-state index >= 15 is 0 Å². The van der Waals surface area contributed by atoms with Crippen molar-refractivity contribution in [2.45, 2.75) is 55.6 Å². The van der Waals surface area contributed by atoms with Crippen molar-refractivity contribution in [2.75, 3.05) is 19.6 Å². The number of rotatable bonds is 5. The molecule has 1 aliphatic heterocycles. The van der Waals surface area contributed by atoms with Crippen molar-refractivity contribution in [3.8, 4) is 0 Å². The van der Waals surface area contributed by atoms with Gasteiger partial charge < -0.3 is 4.90 Å². The Kier molecular flexibility index (Phi) is 5.94. The molecule has 3 rings (SSSR count). The van der Waals surface area contributed by atoms with Gasteiger partial charge in [-0.05, 0) is 69.0 Å². The Morgan fingerprint density at radius 2 is 1.58 bits per heavy atom. The number of nitrogens with zero attached hydrogens (tertiary/aromatic N) is 1. The van der Waals surface area contributed by atoms with Crippen LogP contribution in [-0.4, -0.2) is 39.0 Å². The predicted octanol–water partition coefficient (Wildman–Crippen LogP) is 3.64. The number of benzene rings is 1. The first-order valence-corrected chi connectivity index (χ1v) is 10.6. The lowest BCUT2D eigenvalue weighted by Crippen LogP contribution is -2.42. The van der Waals surface area contributed by atoms with Crippen molar-refractivity contribution < 1.29 is 21.6 Å². The molecule has 0 radical (unpaired) electrons. The fourth-order valence-corrected chi connectivity index (χ4v) is 5.04. The number of likely N-dealkylation sites (tertiary alicyclic amines) is 1. The SMILES string of the molecule is O=S(=O)(NCC1CCN(C2CCCC2)CC1)c1ccc(C(F)(F)F)cc1. The molecule has 0 aromatic heterocycles. The van der Waals surface area contributed by atoms with Crippen LogP contribution in [0, 0.1) is 5.92 Å². The molecule has 1 aromatic rings. The van der Waals surface area contributed by atoms with Gasteiger partial charge in [0.2, 0.25) is 10.0 Å². The molecule has 1 heterocycles. The summed E-state index contributed by atoms with van der Waals surface area (Å²) in [5.74, 6) is 0.275. The Hall–Kier alpha value is -1.12. The molecular weight excluding hydrogens is 365 g/mol. The fourth-order valence-electron chi connectivity index (χ4n) is 3.93. The molecule has 1 N–H and O–H groups in total. The Morgan fingerprint density at radius 3 is 2.12 bits per heavy atom. The maximum atomic E-state index is 12.6. The molecule has 26 heavy (non-hydrogen) atoms. The molecule has 1 saturated heterocycles. The highest BCUT2D eigenvalue weighted by Gasteiger charge is 2.31. The molecular formula is C18H25F3N2O2S. The quantitative estimate of drug-likeness (QED) is 0.835. The summed E-state index contributed by atoms with van der Waals surface area (Å²) in [5, 5.41) is 0. The van der Waals surface area contributed by atoms with Gasteiger partial charge in [-0.3, -0.25) is 0 Å². The van der Waals surface area contributed by atoms with Gasteiger partial charge in [0.15, 0.2) is 0 Å². The zero-order valence-corrected chi connectivity index (χ0v) is 15.5. The maximum absolute atomic E-state index is 12.6. The number of nitrogens with one attached hydrogen (secondary N) is 1. The molecule has 0 amide bonds. The van der Waals surface area contributed by atoms with Crippen LogP contribution in [0.25, 0.3) is 0 Å². The standard InChI is InChI=1S/C18H25F3N2O2S/c19-18(20,21)15-5-7-17(8-6-15)26(24,25)22-13-14-9-11-23(12-10-14)16-3-1-2-4-16/h5-8,14,16,22H,1-4,9-13H2. The average Bonchev–Trinajstić information content (AvgIpc) is 3.14. The third kappa shape index (κ3) is 4.78. The van der Waals surface area contributed by atoms with E-state index in [9.17, 15) is 21.6 Å². The highest BCUT2D eigenvalue weighted by Crippen LogP contribution is 2.30. The molecule has 1 aliphatic carbocycles. The number of piperidine rings is 1. The zero-order valence-electron chi connectivity index (χ0n) is 14.6. The van der Waals surface area contributed by atoms with Crippen molar-refractivity contribution >= 4 is 10.0 Å². The number of hydrogen-bond donors (Lipinski definition) is 1. The van der Waals surface area contributed by atoms with E-state index in [0.29, 0.717) is 12.6 Å². The minimum atomic E-state index is -4.47. The van der Waals surface area contributed by atoms with Gasteiger partial charge in [-0.1, -0.05) is 12.8 Å². The van der Waals surface area contributed by atoms with Crippen LogP contribution in [0.2, 0.25) is 0 Å². The van der Waals surface area contributed by atoms with E-state index < -0.39 is 21.8 Å². The maximum Gasteiger partial charge on any atom is 0.416 e. The molecule has 146 valence electrons. The van der Waals surface area contributed by atoms with Gasteiger partial charge in [0.25, 0.3) is 0 Å². The van der Waals surface area contributed by atoms with Crippen LogP contribution in [0.1, 0.15) is 44.1 Å². The van der Waals surface area contributed by atoms with E-state index in [1.807, 2.05) is 0 Å². The van der Waals surface area contributed by atoms with E-state index in [0.717, 1.165) is 50.2 Å². The van der Waals surface area contributed by atoms with Crippen LogP contribution in [-0.2, 0) is 16.2 Å². The summed E-state index contributed by atoms with van der Waals surface area (Å²) in [5.41, 5.74) is -0.851. The van der Waals surface area contributed by atoms with Crippen LogP contribution >= 0.6 is 0 Å². The third-order valence-electron chi connectivity index (χ3n) is 5.54. The van der Waals surface area contributed by atoms with E-state index in [1.165, 1.54) is 25.7 Å². The molecule has 4 nitrogen and oxygen atoms in total. The van der Waals surface area contributed by atoms with Gasteiger partial charge in [0.05, 0.1) is 10.5 Å². The summed E-state index contributed by atoms with van der Waals surface area (Å²) >= 11 is 0. The van der Waals surface area contributed by atoms with Gasteiger partial charge in [0.1, 0.15) is 0 Å². The van der Waals surface area contributed by atoms with Crippen LogP contribution in [0.5, 0.6) is 0 Å². The van der Waals surface area contributed by atoms with Gasteiger partial charge in [0, 0.05) is 12.6 Å². The Bertz CT molecular complexity index is 690. The zero-order chi connectivity index (χ0) is 18.8. The Balaban J connectivity index is 1.51. The molecule has 8 heteroatoms. The minimum absolute atomic E-state index is 0.131. The Labute approximate surface area is 152 Å². The van der Waals surface area contributed by atoms with E-state index in [1.54, 1.807) is 0 Å². The third-order valence-corrected chi connectivity index (χ3v) is 6.98. The number of alkyl halides is 3. The van der Waals surface area contributed by atoms with Crippen molar-refractivity contribution in [1.82, 2.24) is 9.62 Å². The van der Waals surface area contributed by atoms with Crippen LogP contribution < -0.4 is 4.72 Å². The second-order valence-electron chi connectivity index (χ2n) is 7.29. The van der Waals surface area contributed by atoms with Crippen LogP contribution in [0.3, 0.4) is 0 Å². The van der Waals surface area contributed by atoms with Crippen molar-refractivity contribution in [3.63, 3.8) is 0 Å². The van der Waals surface area contributed by atoms with Crippen LogP contribution in [0.15, 0.2) is 29.2 Å². The lowest BCUT2D eigenvalue weighted by atomic mass is 9.96. The molecule has 1 saturated carbocycles. The lowest BCUT2D eigenvalue weighted by molar-refractivity contribution is -0.137. The largest absolute Gasteiger partial charge is 0.416 e. The normalized spacial score (nSPS) is 21.3. The van der Waals surface area contributed by atoms with Crippen molar-refractivity contribution in [1.29, 1.82) is 0 Å². The summed E-state index contributed by atoms with van der Waals surface area (Å²) < 4.78 is 64.9. The fraction of sp³-hybridized carbons (Fsp3) is 0.667. The highest BCUT2D eigenvalue weighted by atomic mass is 32.2. The highest BCUT2D eigenvalue weighted by molar-refractivity contribution is 7.89. The monoisotopic (exact) mass is 390 g/mol. The van der Waals surface area contributed by atoms with E-state index in [-0.39, 0.29) is 10.8 Å². The van der Waals surface area contributed by atoms with Gasteiger partial charge >= 0.3 is 6.18 Å². The van der Waals surface area contributed by atoms with Gasteiger partial charge in [-0.15, -0.1) is 0 Å². The van der Waals surface area contributed by atoms with Gasteiger partial charge in [-0.25, -0.2) is 13.1 Å². The predicted molar refractivity (Wildman–Crippen MR) is 93.2 cm³/mol. The number of halogens is 3. The van der Waals surface area contributed by atoms with E-state index in [2.05, 4.69) is 9.62 Å². The molecule has 0 spiro atoms. The molecule has 0 unspecified atom stereocenters. The topological polar surface area (TPSA) is 49.4 Å². The average molecular weight is 390 g/mol. The molecule has 0 atom stereocenters. The van der Waals surface area contributed by atoms with Gasteiger partial charge in [-0.2, -0.15) is 13.2 Å².